The lowest BCUT2D eigenvalue weighted by Crippen LogP contribution is -2.41. The van der Waals surface area contributed by atoms with Gasteiger partial charge in [-0.3, -0.25) is 9.79 Å². The molecule has 0 aromatic heterocycles. The van der Waals surface area contributed by atoms with E-state index in [-0.39, 0.29) is 5.91 Å². The van der Waals surface area contributed by atoms with Gasteiger partial charge in [0.05, 0.1) is 7.11 Å². The van der Waals surface area contributed by atoms with Gasteiger partial charge in [0.1, 0.15) is 5.75 Å². The number of rotatable bonds is 10. The van der Waals surface area contributed by atoms with Gasteiger partial charge in [0, 0.05) is 31.7 Å². The Morgan fingerprint density at radius 3 is 2.38 bits per heavy atom. The summed E-state index contributed by atoms with van der Waals surface area (Å²) in [7, 11) is 1.60. The van der Waals surface area contributed by atoms with Gasteiger partial charge in [-0.15, -0.1) is 0 Å². The zero-order valence-corrected chi connectivity index (χ0v) is 15.0. The number of nitrogens with zero attached hydrogens (tertiary/aromatic N) is 1. The maximum atomic E-state index is 12.0. The smallest absolute Gasteiger partial charge is 0.251 e. The summed E-state index contributed by atoms with van der Waals surface area (Å²) in [5, 5.41) is 9.32. The van der Waals surface area contributed by atoms with E-state index in [1.54, 1.807) is 31.4 Å². The van der Waals surface area contributed by atoms with Crippen molar-refractivity contribution in [1.29, 1.82) is 0 Å². The van der Waals surface area contributed by atoms with E-state index in [1.165, 1.54) is 12.8 Å². The number of carbonyl (C=O) groups excluding carboxylic acids is 1. The van der Waals surface area contributed by atoms with Gasteiger partial charge in [0.2, 0.25) is 0 Å². The first-order valence-electron chi connectivity index (χ1n) is 8.65. The first-order valence-corrected chi connectivity index (χ1v) is 8.65. The number of guanidine groups is 1. The molecule has 0 heterocycles. The van der Waals surface area contributed by atoms with Gasteiger partial charge in [-0.05, 0) is 37.6 Å². The van der Waals surface area contributed by atoms with Crippen LogP contribution in [0, 0.1) is 0 Å². The monoisotopic (exact) mass is 334 g/mol. The second-order valence-corrected chi connectivity index (χ2v) is 5.38. The van der Waals surface area contributed by atoms with Gasteiger partial charge in [-0.25, -0.2) is 0 Å². The molecule has 1 aromatic rings. The molecule has 0 spiro atoms. The lowest BCUT2D eigenvalue weighted by Gasteiger charge is -2.12. The highest BCUT2D eigenvalue weighted by atomic mass is 16.5. The van der Waals surface area contributed by atoms with E-state index in [4.69, 9.17) is 4.74 Å². The number of methoxy groups -OCH3 is 1. The van der Waals surface area contributed by atoms with Gasteiger partial charge in [0.25, 0.3) is 5.91 Å². The van der Waals surface area contributed by atoms with E-state index in [2.05, 4.69) is 27.9 Å². The highest BCUT2D eigenvalue weighted by Gasteiger charge is 2.05. The minimum Gasteiger partial charge on any atom is -0.497 e. The molecule has 0 aliphatic carbocycles. The Balaban J connectivity index is 2.31. The number of amides is 1. The van der Waals surface area contributed by atoms with Crippen molar-refractivity contribution in [2.24, 2.45) is 4.99 Å². The summed E-state index contributed by atoms with van der Waals surface area (Å²) in [5.74, 6) is 1.44. The fraction of sp³-hybridized carbons (Fsp3) is 0.556. The molecule has 1 rings (SSSR count). The standard InChI is InChI=1S/C18H30N4O2/c1-4-6-7-12-21-18(19-5-2)22-14-13-20-17(23)15-8-10-16(24-3)11-9-15/h8-11H,4-7,12-14H2,1-3H3,(H,20,23)(H2,19,21,22). The molecule has 0 aliphatic heterocycles. The number of ether oxygens (including phenoxy) is 1. The molecule has 6 nitrogen and oxygen atoms in total. The largest absolute Gasteiger partial charge is 0.497 e. The van der Waals surface area contributed by atoms with Crippen LogP contribution in [0.3, 0.4) is 0 Å². The number of nitrogens with one attached hydrogen (secondary N) is 3. The van der Waals surface area contributed by atoms with E-state index >= 15 is 0 Å². The van der Waals surface area contributed by atoms with E-state index in [9.17, 15) is 4.79 Å². The quantitative estimate of drug-likeness (QED) is 0.348. The maximum Gasteiger partial charge on any atom is 0.251 e. The van der Waals surface area contributed by atoms with Crippen LogP contribution in [0.15, 0.2) is 29.3 Å². The van der Waals surface area contributed by atoms with Gasteiger partial charge in [-0.1, -0.05) is 19.8 Å². The molecule has 134 valence electrons. The fourth-order valence-corrected chi connectivity index (χ4v) is 2.10. The predicted octanol–water partition coefficient (Wildman–Crippen LogP) is 2.17. The molecule has 0 fully saturated rings. The van der Waals surface area contributed by atoms with Crippen molar-refractivity contribution in [3.05, 3.63) is 29.8 Å². The topological polar surface area (TPSA) is 74.8 Å². The van der Waals surface area contributed by atoms with Crippen molar-refractivity contribution in [2.75, 3.05) is 33.3 Å². The zero-order valence-electron chi connectivity index (χ0n) is 15.0. The third kappa shape index (κ3) is 7.85. The lowest BCUT2D eigenvalue weighted by atomic mass is 10.2. The second-order valence-electron chi connectivity index (χ2n) is 5.38. The summed E-state index contributed by atoms with van der Waals surface area (Å²) >= 11 is 0. The Kier molecular flexibility index (Phi) is 10.1. The molecule has 1 aromatic carbocycles. The van der Waals surface area contributed by atoms with Crippen molar-refractivity contribution in [3.63, 3.8) is 0 Å². The molecule has 0 aliphatic rings. The van der Waals surface area contributed by atoms with Crippen molar-refractivity contribution in [1.82, 2.24) is 16.0 Å². The Morgan fingerprint density at radius 1 is 1.04 bits per heavy atom. The minimum absolute atomic E-state index is 0.0932. The van der Waals surface area contributed by atoms with Crippen molar-refractivity contribution in [2.45, 2.75) is 33.1 Å². The average molecular weight is 334 g/mol. The number of carbonyl (C=O) groups is 1. The number of unbranched alkanes of at least 4 members (excludes halogenated alkanes) is 2. The highest BCUT2D eigenvalue weighted by molar-refractivity contribution is 5.94. The van der Waals surface area contributed by atoms with Crippen LogP contribution in [0.25, 0.3) is 0 Å². The summed E-state index contributed by atoms with van der Waals surface area (Å²) < 4.78 is 5.08. The summed E-state index contributed by atoms with van der Waals surface area (Å²) in [5.41, 5.74) is 0.621. The molecule has 0 bridgehead atoms. The van der Waals surface area contributed by atoms with Gasteiger partial charge >= 0.3 is 0 Å². The van der Waals surface area contributed by atoms with Crippen LogP contribution < -0.4 is 20.7 Å². The van der Waals surface area contributed by atoms with Gasteiger partial charge in [0.15, 0.2) is 5.96 Å². The zero-order chi connectivity index (χ0) is 17.6. The summed E-state index contributed by atoms with van der Waals surface area (Å²) in [6, 6.07) is 7.06. The molecule has 6 heteroatoms. The van der Waals surface area contributed by atoms with Crippen LogP contribution in [0.4, 0.5) is 0 Å². The van der Waals surface area contributed by atoms with Crippen LogP contribution in [0.1, 0.15) is 43.5 Å². The lowest BCUT2D eigenvalue weighted by molar-refractivity contribution is 0.0954. The predicted molar refractivity (Wildman–Crippen MR) is 98.8 cm³/mol. The number of hydrogen-bond donors (Lipinski definition) is 3. The number of hydrogen-bond acceptors (Lipinski definition) is 3. The first kappa shape index (κ1) is 19.8. The fourth-order valence-electron chi connectivity index (χ4n) is 2.10. The third-order valence-electron chi connectivity index (χ3n) is 3.43. The normalized spacial score (nSPS) is 11.0. The summed E-state index contributed by atoms with van der Waals surface area (Å²) in [4.78, 5) is 16.5. The molecule has 0 unspecified atom stereocenters. The summed E-state index contributed by atoms with van der Waals surface area (Å²) in [6.45, 7) is 7.01. The Morgan fingerprint density at radius 2 is 1.75 bits per heavy atom. The Hall–Kier alpha value is -2.24. The second kappa shape index (κ2) is 12.2. The van der Waals surface area contributed by atoms with Crippen LogP contribution in [-0.2, 0) is 0 Å². The molecule has 3 N–H and O–H groups in total. The first-order chi connectivity index (χ1) is 11.7. The van der Waals surface area contributed by atoms with E-state index in [0.29, 0.717) is 18.7 Å². The highest BCUT2D eigenvalue weighted by Crippen LogP contribution is 2.10. The average Bonchev–Trinajstić information content (AvgIpc) is 2.62. The molecule has 0 radical (unpaired) electrons. The van der Waals surface area contributed by atoms with E-state index in [0.717, 1.165) is 31.2 Å². The minimum atomic E-state index is -0.0932. The van der Waals surface area contributed by atoms with Crippen LogP contribution in [0.2, 0.25) is 0 Å². The molecular formula is C18H30N4O2. The van der Waals surface area contributed by atoms with Crippen molar-refractivity contribution >= 4 is 11.9 Å². The molecule has 24 heavy (non-hydrogen) atoms. The molecule has 0 saturated heterocycles. The number of aliphatic imine (C=N–C) groups is 1. The molecular weight excluding hydrogens is 304 g/mol. The van der Waals surface area contributed by atoms with Gasteiger partial charge < -0.3 is 20.7 Å². The Labute approximate surface area is 145 Å². The van der Waals surface area contributed by atoms with E-state index in [1.807, 2.05) is 6.92 Å². The Bertz CT molecular complexity index is 500. The van der Waals surface area contributed by atoms with Crippen LogP contribution >= 0.6 is 0 Å². The summed E-state index contributed by atoms with van der Waals surface area (Å²) in [6.07, 6.45) is 3.49. The van der Waals surface area contributed by atoms with Crippen LogP contribution in [0.5, 0.6) is 5.75 Å². The van der Waals surface area contributed by atoms with Crippen molar-refractivity contribution in [3.8, 4) is 5.75 Å². The molecule has 1 amide bonds. The third-order valence-corrected chi connectivity index (χ3v) is 3.43. The molecule has 0 saturated carbocycles. The van der Waals surface area contributed by atoms with Gasteiger partial charge in [-0.2, -0.15) is 0 Å². The van der Waals surface area contributed by atoms with Crippen LogP contribution in [-0.4, -0.2) is 45.2 Å². The van der Waals surface area contributed by atoms with E-state index < -0.39 is 0 Å². The SMILES string of the molecule is CCCCCN=C(NCC)NCCNC(=O)c1ccc(OC)cc1. The molecule has 0 atom stereocenters. The number of benzene rings is 1. The van der Waals surface area contributed by atoms with Crippen molar-refractivity contribution < 1.29 is 9.53 Å². The maximum absolute atomic E-state index is 12.0.